The Labute approximate surface area is 103 Å². The van der Waals surface area contributed by atoms with Crippen molar-refractivity contribution in [3.8, 4) is 0 Å². The maximum absolute atomic E-state index is 11.6. The molecule has 17 heavy (non-hydrogen) atoms. The van der Waals surface area contributed by atoms with Gasteiger partial charge < -0.3 is 4.74 Å². The fourth-order valence-electron chi connectivity index (χ4n) is 2.46. The highest BCUT2D eigenvalue weighted by molar-refractivity contribution is 5.93. The van der Waals surface area contributed by atoms with Gasteiger partial charge in [0.15, 0.2) is 0 Å². The van der Waals surface area contributed by atoms with Gasteiger partial charge in [0.05, 0.1) is 0 Å². The van der Waals surface area contributed by atoms with Crippen molar-refractivity contribution in [2.45, 2.75) is 46.6 Å². The van der Waals surface area contributed by atoms with Gasteiger partial charge >= 0.3 is 5.97 Å². The first-order valence-electron chi connectivity index (χ1n) is 6.39. The molecule has 0 spiro atoms. The summed E-state index contributed by atoms with van der Waals surface area (Å²) in [4.78, 5) is 11.6. The first-order valence-corrected chi connectivity index (χ1v) is 6.39. The lowest BCUT2D eigenvalue weighted by Gasteiger charge is -2.22. The Morgan fingerprint density at radius 3 is 2.71 bits per heavy atom. The number of ether oxygens (including phenoxy) is 1. The second kappa shape index (κ2) is 4.52. The summed E-state index contributed by atoms with van der Waals surface area (Å²) < 4.78 is 5.40. The van der Waals surface area contributed by atoms with E-state index in [1.165, 1.54) is 11.1 Å². The summed E-state index contributed by atoms with van der Waals surface area (Å²) in [6, 6.07) is 0. The van der Waals surface area contributed by atoms with E-state index in [0.29, 0.717) is 5.92 Å². The van der Waals surface area contributed by atoms with Crippen LogP contribution < -0.4 is 0 Å². The average Bonchev–Trinajstić information content (AvgIpc) is 2.55. The van der Waals surface area contributed by atoms with Crippen molar-refractivity contribution in [2.75, 3.05) is 0 Å². The van der Waals surface area contributed by atoms with Crippen molar-refractivity contribution in [1.82, 2.24) is 0 Å². The monoisotopic (exact) mass is 232 g/mol. The summed E-state index contributed by atoms with van der Waals surface area (Å²) >= 11 is 0. The van der Waals surface area contributed by atoms with Gasteiger partial charge in [-0.15, -0.1) is 0 Å². The molecule has 1 heterocycles. The number of esters is 1. The Morgan fingerprint density at radius 2 is 2.12 bits per heavy atom. The van der Waals surface area contributed by atoms with E-state index >= 15 is 0 Å². The average molecular weight is 232 g/mol. The molecule has 0 bridgehead atoms. The number of rotatable bonds is 3. The first-order chi connectivity index (χ1) is 8.04. The molecule has 2 nitrogen and oxygen atoms in total. The lowest BCUT2D eigenvalue weighted by molar-refractivity contribution is -0.138. The van der Waals surface area contributed by atoms with Gasteiger partial charge in [-0.05, 0) is 36.5 Å². The predicted octanol–water partition coefficient (Wildman–Crippen LogP) is 3.55. The van der Waals surface area contributed by atoms with E-state index in [9.17, 15) is 4.79 Å². The van der Waals surface area contributed by atoms with E-state index < -0.39 is 0 Å². The zero-order valence-electron chi connectivity index (χ0n) is 11.0. The predicted molar refractivity (Wildman–Crippen MR) is 68.5 cm³/mol. The lowest BCUT2D eigenvalue weighted by atomic mass is 9.84. The van der Waals surface area contributed by atoms with Crippen LogP contribution in [0.4, 0.5) is 0 Å². The van der Waals surface area contributed by atoms with Crippen LogP contribution in [-0.2, 0) is 9.53 Å². The molecule has 0 amide bonds. The van der Waals surface area contributed by atoms with Crippen molar-refractivity contribution in [3.05, 3.63) is 34.4 Å². The Kier molecular flexibility index (Phi) is 3.23. The van der Waals surface area contributed by atoms with Crippen molar-refractivity contribution < 1.29 is 9.53 Å². The highest BCUT2D eigenvalue weighted by atomic mass is 16.5. The summed E-state index contributed by atoms with van der Waals surface area (Å²) in [6.07, 6.45) is 6.31. The molecular formula is C15H20O2. The van der Waals surface area contributed by atoms with Gasteiger partial charge in [0.25, 0.3) is 0 Å². The molecule has 0 aromatic rings. The van der Waals surface area contributed by atoms with Gasteiger partial charge in [0.1, 0.15) is 6.10 Å². The molecule has 1 aliphatic heterocycles. The second-order valence-corrected chi connectivity index (χ2v) is 5.11. The molecule has 92 valence electrons. The molecule has 0 saturated carbocycles. The van der Waals surface area contributed by atoms with Crippen LogP contribution in [0.25, 0.3) is 0 Å². The zero-order chi connectivity index (χ0) is 12.6. The van der Waals surface area contributed by atoms with Crippen molar-refractivity contribution in [1.29, 1.82) is 0 Å². The standard InChI is InChI=1S/C15H20O2/c1-5-6-11-7-12(9(2)3)8-13-14(11)10(4)15(16)17-13/h7-9,13H,5-6H2,1-4H3. The van der Waals surface area contributed by atoms with E-state index in [-0.39, 0.29) is 12.1 Å². The minimum Gasteiger partial charge on any atom is -0.450 e. The Hall–Kier alpha value is -1.31. The highest BCUT2D eigenvalue weighted by Crippen LogP contribution is 2.37. The first kappa shape index (κ1) is 12.2. The fraction of sp³-hybridized carbons (Fsp3) is 0.533. The lowest BCUT2D eigenvalue weighted by Crippen LogP contribution is -2.15. The van der Waals surface area contributed by atoms with Crippen LogP contribution in [0, 0.1) is 5.92 Å². The van der Waals surface area contributed by atoms with Crippen molar-refractivity contribution >= 4 is 5.97 Å². The minimum atomic E-state index is -0.159. The van der Waals surface area contributed by atoms with Gasteiger partial charge in [-0.2, -0.15) is 0 Å². The van der Waals surface area contributed by atoms with Gasteiger partial charge in [-0.3, -0.25) is 0 Å². The van der Waals surface area contributed by atoms with Crippen LogP contribution in [0.3, 0.4) is 0 Å². The molecule has 0 N–H and O–H groups in total. The third-order valence-corrected chi connectivity index (χ3v) is 3.45. The van der Waals surface area contributed by atoms with Crippen molar-refractivity contribution in [2.24, 2.45) is 5.92 Å². The van der Waals surface area contributed by atoms with E-state index in [2.05, 4.69) is 32.9 Å². The van der Waals surface area contributed by atoms with Gasteiger partial charge in [-0.25, -0.2) is 4.79 Å². The third-order valence-electron chi connectivity index (χ3n) is 3.45. The van der Waals surface area contributed by atoms with E-state index in [0.717, 1.165) is 24.0 Å². The van der Waals surface area contributed by atoms with E-state index in [1.54, 1.807) is 0 Å². The maximum Gasteiger partial charge on any atom is 0.335 e. The molecule has 0 aromatic carbocycles. The van der Waals surface area contributed by atoms with Gasteiger partial charge in [-0.1, -0.05) is 33.3 Å². The van der Waals surface area contributed by atoms with Gasteiger partial charge in [0.2, 0.25) is 0 Å². The largest absolute Gasteiger partial charge is 0.450 e. The SMILES string of the molecule is CCCC1=CC(C(C)C)=CC2OC(=O)C(C)=C12. The summed E-state index contributed by atoms with van der Waals surface area (Å²) in [6.45, 7) is 8.38. The van der Waals surface area contributed by atoms with Crippen LogP contribution in [0.2, 0.25) is 0 Å². The number of fused-ring (bicyclic) bond motifs is 1. The molecule has 2 aliphatic rings. The van der Waals surface area contributed by atoms with E-state index in [4.69, 9.17) is 4.74 Å². The third kappa shape index (κ3) is 2.08. The Morgan fingerprint density at radius 1 is 1.41 bits per heavy atom. The van der Waals surface area contributed by atoms with Crippen LogP contribution in [0.15, 0.2) is 34.4 Å². The Balaban J connectivity index is 2.43. The normalized spacial score (nSPS) is 23.6. The molecule has 0 fully saturated rings. The number of hydrogen-bond donors (Lipinski definition) is 0. The number of hydrogen-bond acceptors (Lipinski definition) is 2. The maximum atomic E-state index is 11.6. The molecule has 2 heteroatoms. The molecular weight excluding hydrogens is 212 g/mol. The molecule has 1 atom stereocenters. The van der Waals surface area contributed by atoms with Gasteiger partial charge in [0, 0.05) is 11.1 Å². The number of allylic oxidation sites excluding steroid dienone is 2. The molecule has 0 radical (unpaired) electrons. The fourth-order valence-corrected chi connectivity index (χ4v) is 2.46. The topological polar surface area (TPSA) is 26.3 Å². The molecule has 0 saturated heterocycles. The van der Waals surface area contributed by atoms with E-state index in [1.807, 2.05) is 6.92 Å². The van der Waals surface area contributed by atoms with Crippen LogP contribution in [-0.4, -0.2) is 12.1 Å². The molecule has 2 rings (SSSR count). The molecule has 0 aromatic heterocycles. The second-order valence-electron chi connectivity index (χ2n) is 5.11. The Bertz CT molecular complexity index is 436. The zero-order valence-corrected chi connectivity index (χ0v) is 11.0. The number of carbonyl (C=O) groups is 1. The smallest absolute Gasteiger partial charge is 0.335 e. The highest BCUT2D eigenvalue weighted by Gasteiger charge is 2.34. The van der Waals surface area contributed by atoms with Crippen LogP contribution in [0.5, 0.6) is 0 Å². The number of carbonyl (C=O) groups excluding carboxylic acids is 1. The summed E-state index contributed by atoms with van der Waals surface area (Å²) in [5.41, 5.74) is 4.46. The summed E-state index contributed by atoms with van der Waals surface area (Å²) in [5, 5.41) is 0. The molecule has 1 unspecified atom stereocenters. The summed E-state index contributed by atoms with van der Waals surface area (Å²) in [7, 11) is 0. The quantitative estimate of drug-likeness (QED) is 0.695. The minimum absolute atomic E-state index is 0.133. The van der Waals surface area contributed by atoms with Crippen LogP contribution >= 0.6 is 0 Å². The molecule has 1 aliphatic carbocycles. The van der Waals surface area contributed by atoms with Crippen LogP contribution in [0.1, 0.15) is 40.5 Å². The van der Waals surface area contributed by atoms with Crippen molar-refractivity contribution in [3.63, 3.8) is 0 Å². The summed E-state index contributed by atoms with van der Waals surface area (Å²) in [5.74, 6) is 0.316.